The van der Waals surface area contributed by atoms with Gasteiger partial charge in [-0.1, -0.05) is 29.8 Å². The van der Waals surface area contributed by atoms with Crippen molar-refractivity contribution in [2.45, 2.75) is 31.4 Å². The Morgan fingerprint density at radius 2 is 1.94 bits per heavy atom. The topological polar surface area (TPSA) is 103 Å². The number of aryl methyl sites for hydroxylation is 1. The van der Waals surface area contributed by atoms with Crippen molar-refractivity contribution in [1.82, 2.24) is 5.32 Å². The van der Waals surface area contributed by atoms with Crippen molar-refractivity contribution in [3.05, 3.63) is 93.5 Å². The number of benzene rings is 3. The van der Waals surface area contributed by atoms with Crippen molar-refractivity contribution in [3.63, 3.8) is 0 Å². The van der Waals surface area contributed by atoms with Crippen LogP contribution < -0.4 is 10.1 Å². The predicted molar refractivity (Wildman–Crippen MR) is 125 cm³/mol. The largest absolute Gasteiger partial charge is 0.478 e. The fraction of sp³-hybridized carbons (Fsp3) is 0.231. The average molecular weight is 463 g/mol. The van der Waals surface area contributed by atoms with Gasteiger partial charge in [-0.3, -0.25) is 0 Å². The van der Waals surface area contributed by atoms with Crippen LogP contribution in [0.3, 0.4) is 0 Å². The van der Waals surface area contributed by atoms with Gasteiger partial charge in [0.2, 0.25) is 0 Å². The van der Waals surface area contributed by atoms with Crippen molar-refractivity contribution < 1.29 is 19.7 Å². The molecule has 0 aromatic heterocycles. The summed E-state index contributed by atoms with van der Waals surface area (Å²) in [5.74, 6) is -0.202. The summed E-state index contributed by atoms with van der Waals surface area (Å²) in [7, 11) is 0. The molecule has 0 radical (unpaired) electrons. The maximum atomic E-state index is 11.4. The molecule has 33 heavy (non-hydrogen) atoms. The van der Waals surface area contributed by atoms with Gasteiger partial charge in [0.05, 0.1) is 17.2 Å². The molecule has 0 bridgehead atoms. The van der Waals surface area contributed by atoms with Crippen molar-refractivity contribution in [2.75, 3.05) is 6.54 Å². The Bertz CT molecular complexity index is 1220. The molecule has 3 N–H and O–H groups in total. The van der Waals surface area contributed by atoms with Gasteiger partial charge in [0.15, 0.2) is 0 Å². The van der Waals surface area contributed by atoms with Crippen LogP contribution in [0.15, 0.2) is 60.7 Å². The molecule has 0 heterocycles. The van der Waals surface area contributed by atoms with Crippen LogP contribution in [0.4, 0.5) is 0 Å². The van der Waals surface area contributed by atoms with Crippen molar-refractivity contribution in [1.29, 1.82) is 5.26 Å². The highest BCUT2D eigenvalue weighted by molar-refractivity contribution is 6.30. The molecule has 0 saturated carbocycles. The Morgan fingerprint density at radius 3 is 2.70 bits per heavy atom. The average Bonchev–Trinajstić information content (AvgIpc) is 2.82. The van der Waals surface area contributed by atoms with E-state index >= 15 is 0 Å². The number of aliphatic hydroxyl groups is 1. The lowest BCUT2D eigenvalue weighted by Gasteiger charge is -2.27. The van der Waals surface area contributed by atoms with E-state index in [4.69, 9.17) is 21.6 Å². The van der Waals surface area contributed by atoms with E-state index in [1.54, 1.807) is 18.2 Å². The highest BCUT2D eigenvalue weighted by Crippen LogP contribution is 2.30. The third-order valence-corrected chi connectivity index (χ3v) is 6.05. The van der Waals surface area contributed by atoms with Gasteiger partial charge in [-0.2, -0.15) is 5.26 Å². The van der Waals surface area contributed by atoms with Gasteiger partial charge in [0.25, 0.3) is 0 Å². The van der Waals surface area contributed by atoms with Gasteiger partial charge >= 0.3 is 5.97 Å². The van der Waals surface area contributed by atoms with Crippen LogP contribution in [0.2, 0.25) is 5.02 Å². The van der Waals surface area contributed by atoms with Crippen LogP contribution in [-0.2, 0) is 12.8 Å². The summed E-state index contributed by atoms with van der Waals surface area (Å²) >= 11 is 6.02. The molecule has 2 atom stereocenters. The van der Waals surface area contributed by atoms with E-state index in [2.05, 4.69) is 5.32 Å². The molecule has 0 saturated heterocycles. The lowest BCUT2D eigenvalue weighted by Crippen LogP contribution is -2.37. The minimum atomic E-state index is -1.17. The minimum Gasteiger partial charge on any atom is -0.478 e. The number of aliphatic hydroxyl groups excluding tert-OH is 1. The fourth-order valence-corrected chi connectivity index (χ4v) is 4.28. The third kappa shape index (κ3) is 5.52. The number of nitrogens with zero attached hydrogens (tertiary/aromatic N) is 1. The molecule has 1 aliphatic rings. The molecule has 4 rings (SSSR count). The van der Waals surface area contributed by atoms with Crippen LogP contribution >= 0.6 is 11.6 Å². The quantitative estimate of drug-likeness (QED) is 0.462. The maximum Gasteiger partial charge on any atom is 0.337 e. The number of nitrogens with one attached hydrogen (secondary N) is 1. The Kier molecular flexibility index (Phi) is 6.95. The second-order valence-corrected chi connectivity index (χ2v) is 8.51. The zero-order chi connectivity index (χ0) is 23.4. The molecule has 0 spiro atoms. The van der Waals surface area contributed by atoms with Gasteiger partial charge in [-0.05, 0) is 78.4 Å². The SMILES string of the molecule is N#Cc1ccc(Oc2ccc3c(c2)C[C@@H](NC[C@@H](O)c2cccc(Cl)c2)CC3)cc1C(=O)O. The zero-order valence-electron chi connectivity index (χ0n) is 17.8. The lowest BCUT2D eigenvalue weighted by molar-refractivity contribution is 0.0696. The summed E-state index contributed by atoms with van der Waals surface area (Å²) in [6.07, 6.45) is 2.04. The van der Waals surface area contributed by atoms with Gasteiger partial charge in [0.1, 0.15) is 17.6 Å². The van der Waals surface area contributed by atoms with E-state index in [1.807, 2.05) is 36.4 Å². The number of nitriles is 1. The summed E-state index contributed by atoms with van der Waals surface area (Å²) in [6, 6.07) is 19.6. The molecule has 3 aromatic carbocycles. The van der Waals surface area contributed by atoms with Crippen molar-refractivity contribution in [2.24, 2.45) is 0 Å². The molecular formula is C26H23ClN2O4. The van der Waals surface area contributed by atoms with Crippen LogP contribution in [0.1, 0.15) is 45.1 Å². The molecular weight excluding hydrogens is 440 g/mol. The number of halogens is 1. The normalized spacial score (nSPS) is 15.8. The molecule has 0 aliphatic heterocycles. The number of hydrogen-bond acceptors (Lipinski definition) is 5. The first-order valence-corrected chi connectivity index (χ1v) is 11.0. The first-order chi connectivity index (χ1) is 15.9. The molecule has 1 aliphatic carbocycles. The Balaban J connectivity index is 1.42. The summed E-state index contributed by atoms with van der Waals surface area (Å²) in [5.41, 5.74) is 3.19. The standard InChI is InChI=1S/C26H23ClN2O4/c27-20-3-1-2-17(10-20)25(30)15-29-21-7-4-16-5-8-22(12-19(16)11-21)33-23-9-6-18(14-28)24(13-23)26(31)32/h1-3,5-6,8-10,12-13,21,25,29-30H,4,7,11,15H2,(H,31,32)/t21-,25+/m0/s1. The van der Waals surface area contributed by atoms with E-state index in [0.29, 0.717) is 23.1 Å². The summed E-state index contributed by atoms with van der Waals surface area (Å²) in [6.45, 7) is 0.430. The monoisotopic (exact) mass is 462 g/mol. The molecule has 168 valence electrons. The number of aromatic carboxylic acids is 1. The van der Waals surface area contributed by atoms with Gasteiger partial charge in [-0.25, -0.2) is 4.79 Å². The van der Waals surface area contributed by atoms with Gasteiger partial charge < -0.3 is 20.3 Å². The molecule has 6 nitrogen and oxygen atoms in total. The molecule has 0 fully saturated rings. The van der Waals surface area contributed by atoms with Crippen molar-refractivity contribution >= 4 is 17.6 Å². The number of carboxylic acids is 1. The first kappa shape index (κ1) is 22.8. The maximum absolute atomic E-state index is 11.4. The molecule has 3 aromatic rings. The summed E-state index contributed by atoms with van der Waals surface area (Å²) < 4.78 is 5.89. The number of carbonyl (C=O) groups is 1. The Hall–Kier alpha value is -3.37. The molecule has 7 heteroatoms. The highest BCUT2D eigenvalue weighted by Gasteiger charge is 2.20. The van der Waals surface area contributed by atoms with Crippen LogP contribution in [0.5, 0.6) is 11.5 Å². The van der Waals surface area contributed by atoms with Crippen molar-refractivity contribution in [3.8, 4) is 17.6 Å². The lowest BCUT2D eigenvalue weighted by atomic mass is 9.88. The van der Waals surface area contributed by atoms with Crippen LogP contribution in [-0.4, -0.2) is 28.8 Å². The van der Waals surface area contributed by atoms with E-state index < -0.39 is 12.1 Å². The minimum absolute atomic E-state index is 0.0875. The number of rotatable bonds is 7. The van der Waals surface area contributed by atoms with E-state index in [-0.39, 0.29) is 17.2 Å². The van der Waals surface area contributed by atoms with E-state index in [0.717, 1.165) is 30.4 Å². The fourth-order valence-electron chi connectivity index (χ4n) is 4.08. The van der Waals surface area contributed by atoms with Gasteiger partial charge in [-0.15, -0.1) is 0 Å². The number of carboxylic acid groups (broad SMARTS) is 1. The molecule has 0 amide bonds. The highest BCUT2D eigenvalue weighted by atomic mass is 35.5. The predicted octanol–water partition coefficient (Wildman–Crippen LogP) is 4.88. The number of hydrogen-bond donors (Lipinski definition) is 3. The smallest absolute Gasteiger partial charge is 0.337 e. The van der Waals surface area contributed by atoms with Crippen LogP contribution in [0.25, 0.3) is 0 Å². The number of fused-ring (bicyclic) bond motifs is 1. The van der Waals surface area contributed by atoms with Gasteiger partial charge in [0, 0.05) is 17.6 Å². The third-order valence-electron chi connectivity index (χ3n) is 5.82. The Labute approximate surface area is 197 Å². The molecule has 0 unspecified atom stereocenters. The first-order valence-electron chi connectivity index (χ1n) is 10.7. The summed E-state index contributed by atoms with van der Waals surface area (Å²) in [4.78, 5) is 11.4. The summed E-state index contributed by atoms with van der Waals surface area (Å²) in [5, 5.41) is 32.9. The number of ether oxygens (including phenoxy) is 1. The second kappa shape index (κ2) is 10.1. The zero-order valence-corrected chi connectivity index (χ0v) is 18.5. The Morgan fingerprint density at radius 1 is 1.15 bits per heavy atom. The second-order valence-electron chi connectivity index (χ2n) is 8.08. The van der Waals surface area contributed by atoms with E-state index in [1.165, 1.54) is 17.7 Å². The van der Waals surface area contributed by atoms with E-state index in [9.17, 15) is 15.0 Å². The van der Waals surface area contributed by atoms with Crippen LogP contribution in [0, 0.1) is 11.3 Å².